The first-order valence-electron chi connectivity index (χ1n) is 9.86. The molecule has 0 radical (unpaired) electrons. The Kier molecular flexibility index (Phi) is 5.20. The van der Waals surface area contributed by atoms with Crippen molar-refractivity contribution < 1.29 is 13.6 Å². The van der Waals surface area contributed by atoms with Crippen LogP contribution in [-0.4, -0.2) is 27.1 Å². The first-order chi connectivity index (χ1) is 15.6. The van der Waals surface area contributed by atoms with Crippen LogP contribution >= 0.6 is 11.8 Å². The number of anilines is 1. The SMILES string of the molecule is CSc1nc(-c2ccco2)nc(C)c1C(=O)Nc1ccc(-c2nc3ccccc3o2)cc1. The number of carbonyl (C=O) groups excluding carboxylic acids is 1. The fourth-order valence-electron chi connectivity index (χ4n) is 3.36. The highest BCUT2D eigenvalue weighted by atomic mass is 32.2. The van der Waals surface area contributed by atoms with Crippen molar-refractivity contribution in [1.82, 2.24) is 15.0 Å². The molecule has 0 aliphatic heterocycles. The second-order valence-electron chi connectivity index (χ2n) is 7.01. The van der Waals surface area contributed by atoms with E-state index in [1.165, 1.54) is 11.8 Å². The number of hydrogen-bond donors (Lipinski definition) is 1. The van der Waals surface area contributed by atoms with Crippen LogP contribution in [0.2, 0.25) is 0 Å². The number of hydrogen-bond acceptors (Lipinski definition) is 7. The van der Waals surface area contributed by atoms with E-state index in [1.54, 1.807) is 25.3 Å². The van der Waals surface area contributed by atoms with Crippen molar-refractivity contribution in [1.29, 1.82) is 0 Å². The quantitative estimate of drug-likeness (QED) is 0.270. The summed E-state index contributed by atoms with van der Waals surface area (Å²) in [7, 11) is 0. The smallest absolute Gasteiger partial charge is 0.260 e. The van der Waals surface area contributed by atoms with E-state index in [9.17, 15) is 4.79 Å². The number of furan rings is 1. The van der Waals surface area contributed by atoms with Gasteiger partial charge in [0.25, 0.3) is 5.91 Å². The zero-order chi connectivity index (χ0) is 22.1. The van der Waals surface area contributed by atoms with Crippen molar-refractivity contribution in [3.63, 3.8) is 0 Å². The molecule has 8 heteroatoms. The van der Waals surface area contributed by atoms with E-state index >= 15 is 0 Å². The summed E-state index contributed by atoms with van der Waals surface area (Å²) in [6, 6.07) is 18.5. The van der Waals surface area contributed by atoms with E-state index in [4.69, 9.17) is 8.83 Å². The summed E-state index contributed by atoms with van der Waals surface area (Å²) in [5.41, 5.74) is 4.03. The number of para-hydroxylation sites is 2. The summed E-state index contributed by atoms with van der Waals surface area (Å²) in [6.45, 7) is 1.79. The number of benzene rings is 2. The predicted octanol–water partition coefficient (Wildman–Crippen LogP) is 5.83. The molecular weight excluding hydrogens is 424 g/mol. The van der Waals surface area contributed by atoms with E-state index in [1.807, 2.05) is 54.8 Å². The third-order valence-electron chi connectivity index (χ3n) is 4.90. The largest absolute Gasteiger partial charge is 0.461 e. The average molecular weight is 443 g/mol. The Morgan fingerprint density at radius 2 is 1.78 bits per heavy atom. The van der Waals surface area contributed by atoms with Crippen molar-refractivity contribution in [2.24, 2.45) is 0 Å². The Labute approximate surface area is 187 Å². The number of amides is 1. The molecule has 0 aliphatic rings. The molecule has 0 spiro atoms. The molecule has 5 rings (SSSR count). The van der Waals surface area contributed by atoms with Gasteiger partial charge in [-0.1, -0.05) is 12.1 Å². The molecule has 1 amide bonds. The Bertz CT molecular complexity index is 1380. The lowest BCUT2D eigenvalue weighted by Gasteiger charge is -2.12. The van der Waals surface area contributed by atoms with Gasteiger partial charge in [-0.05, 0) is 61.7 Å². The normalized spacial score (nSPS) is 11.1. The highest BCUT2D eigenvalue weighted by Gasteiger charge is 2.20. The Hall–Kier alpha value is -3.91. The molecule has 0 saturated carbocycles. The van der Waals surface area contributed by atoms with Gasteiger partial charge in [0.1, 0.15) is 10.5 Å². The number of nitrogens with one attached hydrogen (secondary N) is 1. The van der Waals surface area contributed by atoms with Gasteiger partial charge in [-0.2, -0.15) is 0 Å². The number of rotatable bonds is 5. The Morgan fingerprint density at radius 3 is 2.50 bits per heavy atom. The van der Waals surface area contributed by atoms with Crippen LogP contribution < -0.4 is 5.32 Å². The highest BCUT2D eigenvalue weighted by Crippen LogP contribution is 2.28. The zero-order valence-corrected chi connectivity index (χ0v) is 18.1. The van der Waals surface area contributed by atoms with Gasteiger partial charge in [0.05, 0.1) is 17.5 Å². The van der Waals surface area contributed by atoms with Crippen LogP contribution in [0.25, 0.3) is 34.1 Å². The second kappa shape index (κ2) is 8.32. The predicted molar refractivity (Wildman–Crippen MR) is 124 cm³/mol. The molecule has 0 aliphatic carbocycles. The number of aryl methyl sites for hydroxylation is 1. The van der Waals surface area contributed by atoms with Crippen molar-refractivity contribution in [3.8, 4) is 23.0 Å². The Morgan fingerprint density at radius 1 is 0.969 bits per heavy atom. The molecule has 0 bridgehead atoms. The minimum atomic E-state index is -0.271. The molecule has 0 atom stereocenters. The zero-order valence-electron chi connectivity index (χ0n) is 17.3. The minimum absolute atomic E-state index is 0.271. The molecule has 32 heavy (non-hydrogen) atoms. The maximum absolute atomic E-state index is 13.0. The third-order valence-corrected chi connectivity index (χ3v) is 5.58. The van der Waals surface area contributed by atoms with E-state index in [0.717, 1.165) is 16.7 Å². The van der Waals surface area contributed by atoms with Crippen LogP contribution in [-0.2, 0) is 0 Å². The minimum Gasteiger partial charge on any atom is -0.461 e. The van der Waals surface area contributed by atoms with Gasteiger partial charge in [-0.25, -0.2) is 15.0 Å². The van der Waals surface area contributed by atoms with Gasteiger partial charge >= 0.3 is 0 Å². The number of carbonyl (C=O) groups is 1. The molecule has 7 nitrogen and oxygen atoms in total. The number of aromatic nitrogens is 3. The molecule has 5 aromatic rings. The van der Waals surface area contributed by atoms with Crippen LogP contribution in [0.3, 0.4) is 0 Å². The lowest BCUT2D eigenvalue weighted by Crippen LogP contribution is -2.16. The van der Waals surface area contributed by atoms with Gasteiger partial charge in [0, 0.05) is 11.3 Å². The van der Waals surface area contributed by atoms with Crippen LogP contribution in [0.4, 0.5) is 5.69 Å². The first kappa shape index (κ1) is 20.0. The molecule has 0 unspecified atom stereocenters. The molecule has 2 aromatic carbocycles. The lowest BCUT2D eigenvalue weighted by molar-refractivity contribution is 0.102. The van der Waals surface area contributed by atoms with Crippen molar-refractivity contribution in [2.45, 2.75) is 11.9 Å². The number of thioether (sulfide) groups is 1. The monoisotopic (exact) mass is 442 g/mol. The average Bonchev–Trinajstić information content (AvgIpc) is 3.49. The molecule has 0 fully saturated rings. The van der Waals surface area contributed by atoms with Crippen LogP contribution in [0.15, 0.2) is 80.8 Å². The summed E-state index contributed by atoms with van der Waals surface area (Å²) in [5.74, 6) is 1.28. The van der Waals surface area contributed by atoms with E-state index in [2.05, 4.69) is 20.3 Å². The summed E-state index contributed by atoms with van der Waals surface area (Å²) in [6.07, 6.45) is 3.44. The molecule has 158 valence electrons. The van der Waals surface area contributed by atoms with Crippen LogP contribution in [0.1, 0.15) is 16.1 Å². The molecule has 3 aromatic heterocycles. The molecule has 3 heterocycles. The fourth-order valence-corrected chi connectivity index (χ4v) is 3.98. The van der Waals surface area contributed by atoms with E-state index < -0.39 is 0 Å². The third kappa shape index (κ3) is 3.76. The molecular formula is C24H18N4O3S. The summed E-state index contributed by atoms with van der Waals surface area (Å²) in [4.78, 5) is 26.5. The standard InChI is InChI=1S/C24H18N4O3S/c1-14-20(24(32-2)28-21(25-14)19-8-5-13-30-19)22(29)26-16-11-9-15(10-12-16)23-27-17-6-3-4-7-18(17)31-23/h3-13H,1-2H3,(H,26,29). The van der Waals surface area contributed by atoms with Gasteiger partial charge < -0.3 is 14.2 Å². The van der Waals surface area contributed by atoms with Crippen LogP contribution in [0, 0.1) is 6.92 Å². The van der Waals surface area contributed by atoms with Crippen LogP contribution in [0.5, 0.6) is 0 Å². The summed E-state index contributed by atoms with van der Waals surface area (Å²) in [5, 5.41) is 3.51. The fraction of sp³-hybridized carbons (Fsp3) is 0.0833. The highest BCUT2D eigenvalue weighted by molar-refractivity contribution is 7.98. The molecule has 1 N–H and O–H groups in total. The second-order valence-corrected chi connectivity index (χ2v) is 7.81. The summed E-state index contributed by atoms with van der Waals surface area (Å²) >= 11 is 1.39. The molecule has 0 saturated heterocycles. The number of oxazole rings is 1. The van der Waals surface area contributed by atoms with Gasteiger partial charge in [0.15, 0.2) is 17.2 Å². The Balaban J connectivity index is 1.39. The van der Waals surface area contributed by atoms with Gasteiger partial charge in [-0.15, -0.1) is 11.8 Å². The maximum atomic E-state index is 13.0. The van der Waals surface area contributed by atoms with E-state index in [-0.39, 0.29) is 5.91 Å². The van der Waals surface area contributed by atoms with Crippen molar-refractivity contribution in [3.05, 3.63) is 78.2 Å². The number of fused-ring (bicyclic) bond motifs is 1. The van der Waals surface area contributed by atoms with Crippen molar-refractivity contribution in [2.75, 3.05) is 11.6 Å². The maximum Gasteiger partial charge on any atom is 0.260 e. The van der Waals surface area contributed by atoms with Gasteiger partial charge in [-0.3, -0.25) is 4.79 Å². The lowest BCUT2D eigenvalue weighted by atomic mass is 10.2. The van der Waals surface area contributed by atoms with Crippen molar-refractivity contribution >= 4 is 34.5 Å². The number of nitrogens with zero attached hydrogens (tertiary/aromatic N) is 3. The van der Waals surface area contributed by atoms with E-state index in [0.29, 0.717) is 39.4 Å². The van der Waals surface area contributed by atoms with Gasteiger partial charge in [0.2, 0.25) is 5.89 Å². The summed E-state index contributed by atoms with van der Waals surface area (Å²) < 4.78 is 11.2. The first-order valence-corrected chi connectivity index (χ1v) is 11.1. The topological polar surface area (TPSA) is 94.0 Å².